The Kier molecular flexibility index (Phi) is 5.09. The molecule has 1 aliphatic heterocycles. The molecule has 33 heavy (non-hydrogen) atoms. The molecule has 0 amide bonds. The molecule has 5 rings (SSSR count). The molecule has 0 unspecified atom stereocenters. The number of hydrogen-bond donors (Lipinski definition) is 0. The highest BCUT2D eigenvalue weighted by molar-refractivity contribution is 7.99. The normalized spacial score (nSPS) is 13.2. The number of methoxy groups -OCH3 is 1. The van der Waals surface area contributed by atoms with Crippen LogP contribution in [-0.2, 0) is 10.9 Å². The van der Waals surface area contributed by atoms with E-state index in [9.17, 15) is 13.2 Å². The number of anilines is 3. The zero-order valence-corrected chi connectivity index (χ0v) is 18.5. The maximum atomic E-state index is 14.0. The molecule has 170 valence electrons. The SMILES string of the molecule is COCN1c2cc(-n3c(C(F)(F)F)nc4c(N(C)C)ncnc43)ccc2Sc2nccnc21. The summed E-state index contributed by atoms with van der Waals surface area (Å²) in [7, 11) is 4.91. The van der Waals surface area contributed by atoms with E-state index in [1.54, 1.807) is 54.5 Å². The Morgan fingerprint density at radius 2 is 1.88 bits per heavy atom. The van der Waals surface area contributed by atoms with Gasteiger partial charge in [0.25, 0.3) is 0 Å². The summed E-state index contributed by atoms with van der Waals surface area (Å²) in [5.74, 6) is -0.219. The molecule has 0 radical (unpaired) electrons. The van der Waals surface area contributed by atoms with Gasteiger partial charge in [-0.1, -0.05) is 11.8 Å². The summed E-state index contributed by atoms with van der Waals surface area (Å²) in [6.07, 6.45) is -0.334. The number of rotatable bonds is 4. The highest BCUT2D eigenvalue weighted by atomic mass is 32.2. The van der Waals surface area contributed by atoms with Crippen LogP contribution in [0.1, 0.15) is 5.82 Å². The number of ether oxygens (including phenoxy) is 1. The van der Waals surface area contributed by atoms with Crippen LogP contribution in [0.3, 0.4) is 0 Å². The topological polar surface area (TPSA) is 85.1 Å². The smallest absolute Gasteiger partial charge is 0.364 e. The lowest BCUT2D eigenvalue weighted by Gasteiger charge is -2.30. The van der Waals surface area contributed by atoms with Crippen LogP contribution in [0.2, 0.25) is 0 Å². The van der Waals surface area contributed by atoms with Crippen LogP contribution in [0.15, 0.2) is 46.8 Å². The third-order valence-electron chi connectivity index (χ3n) is 4.96. The molecule has 0 saturated heterocycles. The van der Waals surface area contributed by atoms with Crippen molar-refractivity contribution in [3.05, 3.63) is 42.7 Å². The van der Waals surface area contributed by atoms with Gasteiger partial charge >= 0.3 is 6.18 Å². The number of benzene rings is 1. The number of halogens is 3. The van der Waals surface area contributed by atoms with Gasteiger partial charge in [0.2, 0.25) is 5.82 Å². The van der Waals surface area contributed by atoms with Gasteiger partial charge in [-0.15, -0.1) is 0 Å². The number of fused-ring (bicyclic) bond motifs is 3. The van der Waals surface area contributed by atoms with Crippen molar-refractivity contribution in [1.29, 1.82) is 0 Å². The lowest BCUT2D eigenvalue weighted by molar-refractivity contribution is -0.145. The fourth-order valence-electron chi connectivity index (χ4n) is 3.64. The standard InChI is InChI=1S/C20H17F3N8OS/c1-29(2)15-14-16(27-9-26-15)31(19(28-14)20(21,22)23)11-4-5-13-12(8-11)30(10-32-3)17-18(33-13)25-7-6-24-17/h4-9H,10H2,1-3H3. The lowest BCUT2D eigenvalue weighted by Crippen LogP contribution is -2.25. The van der Waals surface area contributed by atoms with E-state index in [1.165, 1.54) is 25.2 Å². The Hall–Kier alpha value is -3.45. The molecule has 0 fully saturated rings. The van der Waals surface area contributed by atoms with Gasteiger partial charge in [-0.2, -0.15) is 13.2 Å². The van der Waals surface area contributed by atoms with Crippen molar-refractivity contribution < 1.29 is 17.9 Å². The van der Waals surface area contributed by atoms with Crippen LogP contribution >= 0.6 is 11.8 Å². The van der Waals surface area contributed by atoms with E-state index in [4.69, 9.17) is 4.74 Å². The molecular weight excluding hydrogens is 457 g/mol. The van der Waals surface area contributed by atoms with Crippen LogP contribution in [0.25, 0.3) is 16.9 Å². The van der Waals surface area contributed by atoms with Gasteiger partial charge in [-0.05, 0) is 18.2 Å². The molecule has 0 atom stereocenters. The van der Waals surface area contributed by atoms with Crippen molar-refractivity contribution in [1.82, 2.24) is 29.5 Å². The second kappa shape index (κ2) is 7.85. The van der Waals surface area contributed by atoms with Crippen molar-refractivity contribution in [3.63, 3.8) is 0 Å². The second-order valence-electron chi connectivity index (χ2n) is 7.32. The maximum absolute atomic E-state index is 14.0. The van der Waals surface area contributed by atoms with E-state index in [2.05, 4.69) is 24.9 Å². The predicted molar refractivity (Wildman–Crippen MR) is 116 cm³/mol. The first-order valence-electron chi connectivity index (χ1n) is 9.67. The molecule has 4 aromatic rings. The van der Waals surface area contributed by atoms with Gasteiger partial charge in [0, 0.05) is 38.5 Å². The molecule has 0 N–H and O–H groups in total. The molecule has 0 bridgehead atoms. The van der Waals surface area contributed by atoms with Gasteiger partial charge in [0.1, 0.15) is 18.1 Å². The Balaban J connectivity index is 1.74. The number of aromatic nitrogens is 6. The van der Waals surface area contributed by atoms with Crippen LogP contribution in [-0.4, -0.2) is 57.4 Å². The lowest BCUT2D eigenvalue weighted by atomic mass is 10.2. The molecule has 0 saturated carbocycles. The quantitative estimate of drug-likeness (QED) is 0.437. The first-order chi connectivity index (χ1) is 15.8. The van der Waals surface area contributed by atoms with Gasteiger partial charge < -0.3 is 9.64 Å². The van der Waals surface area contributed by atoms with Gasteiger partial charge in [0.15, 0.2) is 22.8 Å². The van der Waals surface area contributed by atoms with Crippen molar-refractivity contribution in [2.75, 3.05) is 37.7 Å². The number of alkyl halides is 3. The Labute approximate surface area is 190 Å². The molecule has 0 aliphatic carbocycles. The monoisotopic (exact) mass is 474 g/mol. The third kappa shape index (κ3) is 3.53. The summed E-state index contributed by atoms with van der Waals surface area (Å²) in [4.78, 5) is 25.0. The van der Waals surface area contributed by atoms with Crippen LogP contribution in [0.5, 0.6) is 0 Å². The van der Waals surface area contributed by atoms with Crippen molar-refractivity contribution in [2.45, 2.75) is 16.1 Å². The van der Waals surface area contributed by atoms with Crippen molar-refractivity contribution in [3.8, 4) is 5.69 Å². The summed E-state index contributed by atoms with van der Waals surface area (Å²) >= 11 is 1.39. The summed E-state index contributed by atoms with van der Waals surface area (Å²) in [6, 6.07) is 4.99. The number of hydrogen-bond acceptors (Lipinski definition) is 9. The third-order valence-corrected chi connectivity index (χ3v) is 6.01. The molecule has 13 heteroatoms. The van der Waals surface area contributed by atoms with Crippen LogP contribution < -0.4 is 9.80 Å². The summed E-state index contributed by atoms with van der Waals surface area (Å²) in [5, 5.41) is 0.683. The van der Waals surface area contributed by atoms with E-state index in [0.29, 0.717) is 22.3 Å². The molecule has 1 aromatic carbocycles. The maximum Gasteiger partial charge on any atom is 0.450 e. The molecule has 0 spiro atoms. The molecule has 4 heterocycles. The van der Waals surface area contributed by atoms with E-state index in [-0.39, 0.29) is 23.6 Å². The van der Waals surface area contributed by atoms with E-state index < -0.39 is 12.0 Å². The zero-order chi connectivity index (χ0) is 23.3. The highest BCUT2D eigenvalue weighted by Crippen LogP contribution is 2.47. The second-order valence-corrected chi connectivity index (χ2v) is 8.35. The van der Waals surface area contributed by atoms with E-state index in [0.717, 1.165) is 9.46 Å². The number of imidazole rings is 1. The Morgan fingerprint density at radius 3 is 2.61 bits per heavy atom. The van der Waals surface area contributed by atoms with E-state index in [1.807, 2.05) is 0 Å². The van der Waals surface area contributed by atoms with Crippen LogP contribution in [0, 0.1) is 0 Å². The minimum absolute atomic E-state index is 0.0583. The summed E-state index contributed by atoms with van der Waals surface area (Å²) < 4.78 is 48.5. The predicted octanol–water partition coefficient (Wildman–Crippen LogP) is 3.90. The average molecular weight is 474 g/mol. The molecule has 3 aromatic heterocycles. The fraction of sp³-hybridized carbons (Fsp3) is 0.250. The number of nitrogens with zero attached hydrogens (tertiary/aromatic N) is 8. The van der Waals surface area contributed by atoms with Crippen molar-refractivity contribution in [2.24, 2.45) is 0 Å². The van der Waals surface area contributed by atoms with Crippen molar-refractivity contribution >= 4 is 40.2 Å². The van der Waals surface area contributed by atoms with Gasteiger partial charge in [0.05, 0.1) is 11.4 Å². The first-order valence-corrected chi connectivity index (χ1v) is 10.5. The van der Waals surface area contributed by atoms with E-state index >= 15 is 0 Å². The first kappa shape index (κ1) is 21.4. The molecular formula is C20H17F3N8OS. The minimum Gasteiger partial charge on any atom is -0.364 e. The summed E-state index contributed by atoms with van der Waals surface area (Å²) in [6.45, 7) is 0.145. The van der Waals surface area contributed by atoms with Gasteiger partial charge in [-0.3, -0.25) is 9.47 Å². The Morgan fingerprint density at radius 1 is 1.09 bits per heavy atom. The summed E-state index contributed by atoms with van der Waals surface area (Å²) in [5.41, 5.74) is 1.01. The molecule has 1 aliphatic rings. The Bertz CT molecular complexity index is 1360. The highest BCUT2D eigenvalue weighted by Gasteiger charge is 2.39. The molecule has 9 nitrogen and oxygen atoms in total. The largest absolute Gasteiger partial charge is 0.450 e. The average Bonchev–Trinajstić information content (AvgIpc) is 3.19. The zero-order valence-electron chi connectivity index (χ0n) is 17.7. The van der Waals surface area contributed by atoms with Gasteiger partial charge in [-0.25, -0.2) is 24.9 Å². The fourth-order valence-corrected chi connectivity index (χ4v) is 4.62. The van der Waals surface area contributed by atoms with Crippen LogP contribution in [0.4, 0.5) is 30.5 Å². The minimum atomic E-state index is -4.71.